The van der Waals surface area contributed by atoms with Crippen molar-refractivity contribution in [3.8, 4) is 0 Å². The van der Waals surface area contributed by atoms with E-state index < -0.39 is 33.0 Å². The van der Waals surface area contributed by atoms with Crippen molar-refractivity contribution in [3.05, 3.63) is 29.8 Å². The number of aliphatic hydroxyl groups is 1. The summed E-state index contributed by atoms with van der Waals surface area (Å²) in [7, 11) is -5.47. The normalized spacial score (nSPS) is 14.6. The van der Waals surface area contributed by atoms with Gasteiger partial charge in [-0.05, 0) is 17.7 Å². The van der Waals surface area contributed by atoms with Crippen molar-refractivity contribution in [2.45, 2.75) is 16.5 Å². The van der Waals surface area contributed by atoms with Gasteiger partial charge in [0.2, 0.25) is 0 Å². The Kier molecular flexibility index (Phi) is 3.78. The highest BCUT2D eigenvalue weighted by molar-refractivity contribution is 7.92. The van der Waals surface area contributed by atoms with Gasteiger partial charge in [0, 0.05) is 0 Å². The number of alkyl halides is 4. The Morgan fingerprint density at radius 2 is 1.88 bits per heavy atom. The Morgan fingerprint density at radius 3 is 2.35 bits per heavy atom. The lowest BCUT2D eigenvalue weighted by molar-refractivity contribution is -0.0436. The van der Waals surface area contributed by atoms with Crippen molar-refractivity contribution >= 4 is 9.84 Å². The van der Waals surface area contributed by atoms with Gasteiger partial charge in [-0.2, -0.15) is 13.2 Å². The molecule has 0 aliphatic rings. The molecule has 96 valence electrons. The average Bonchev–Trinajstić information content (AvgIpc) is 2.26. The van der Waals surface area contributed by atoms with Gasteiger partial charge in [0.05, 0.1) is 4.90 Å². The first-order chi connectivity index (χ1) is 7.70. The first-order valence-electron chi connectivity index (χ1n) is 4.35. The molecular formula is C9H8F4O3S. The van der Waals surface area contributed by atoms with Crippen LogP contribution in [0, 0.1) is 0 Å². The van der Waals surface area contributed by atoms with Gasteiger partial charge in [-0.15, -0.1) is 0 Å². The van der Waals surface area contributed by atoms with Crippen molar-refractivity contribution in [3.63, 3.8) is 0 Å². The van der Waals surface area contributed by atoms with Crippen LogP contribution in [-0.2, 0) is 9.84 Å². The van der Waals surface area contributed by atoms with E-state index in [1.54, 1.807) is 0 Å². The molecule has 0 heterocycles. The van der Waals surface area contributed by atoms with Gasteiger partial charge in [0.15, 0.2) is 0 Å². The van der Waals surface area contributed by atoms with E-state index in [2.05, 4.69) is 0 Å². The van der Waals surface area contributed by atoms with Crippen LogP contribution >= 0.6 is 0 Å². The molecule has 8 heteroatoms. The van der Waals surface area contributed by atoms with Gasteiger partial charge in [-0.25, -0.2) is 12.8 Å². The van der Waals surface area contributed by atoms with E-state index in [0.717, 1.165) is 18.2 Å². The molecule has 0 aromatic heterocycles. The second-order valence-corrected chi connectivity index (χ2v) is 5.13. The fourth-order valence-corrected chi connectivity index (χ4v) is 1.93. The molecule has 0 aliphatic heterocycles. The van der Waals surface area contributed by atoms with Gasteiger partial charge in [-0.1, -0.05) is 12.1 Å². The molecule has 0 saturated carbocycles. The molecule has 1 rings (SSSR count). The van der Waals surface area contributed by atoms with Crippen LogP contribution in [0.5, 0.6) is 0 Å². The predicted octanol–water partition coefficient (Wildman–Crippen LogP) is 1.98. The molecule has 1 aromatic carbocycles. The quantitative estimate of drug-likeness (QED) is 0.856. The maximum Gasteiger partial charge on any atom is 0.501 e. The molecule has 1 aromatic rings. The Bertz CT molecular complexity index is 495. The molecule has 1 unspecified atom stereocenters. The lowest BCUT2D eigenvalue weighted by atomic mass is 10.1. The van der Waals surface area contributed by atoms with Crippen LogP contribution in [0.3, 0.4) is 0 Å². The molecule has 3 nitrogen and oxygen atoms in total. The summed E-state index contributed by atoms with van der Waals surface area (Å²) in [5.41, 5.74) is -5.65. The molecule has 0 aliphatic carbocycles. The van der Waals surface area contributed by atoms with Crippen LogP contribution in [-0.4, -0.2) is 25.7 Å². The molecular weight excluding hydrogens is 264 g/mol. The highest BCUT2D eigenvalue weighted by Gasteiger charge is 2.46. The third-order valence-corrected chi connectivity index (χ3v) is 3.49. The van der Waals surface area contributed by atoms with Crippen molar-refractivity contribution in [1.82, 2.24) is 0 Å². The summed E-state index contributed by atoms with van der Waals surface area (Å²) in [6, 6.07) is 3.48. The molecule has 0 saturated heterocycles. The van der Waals surface area contributed by atoms with E-state index >= 15 is 0 Å². The van der Waals surface area contributed by atoms with Crippen LogP contribution in [0.4, 0.5) is 17.6 Å². The average molecular weight is 272 g/mol. The Balaban J connectivity index is 3.26. The van der Waals surface area contributed by atoms with Crippen molar-refractivity contribution in [2.24, 2.45) is 0 Å². The summed E-state index contributed by atoms with van der Waals surface area (Å²) in [6.07, 6.45) is -1.64. The number of halogens is 4. The van der Waals surface area contributed by atoms with Gasteiger partial charge < -0.3 is 5.11 Å². The van der Waals surface area contributed by atoms with Crippen LogP contribution in [0.15, 0.2) is 29.2 Å². The molecule has 0 amide bonds. The minimum absolute atomic E-state index is 0.224. The van der Waals surface area contributed by atoms with Gasteiger partial charge in [0.1, 0.15) is 12.8 Å². The van der Waals surface area contributed by atoms with Gasteiger partial charge in [-0.3, -0.25) is 0 Å². The number of rotatable bonds is 3. The first kappa shape index (κ1) is 13.9. The van der Waals surface area contributed by atoms with E-state index in [9.17, 15) is 26.0 Å². The molecule has 0 fully saturated rings. The molecule has 17 heavy (non-hydrogen) atoms. The third-order valence-electron chi connectivity index (χ3n) is 2.00. The Hall–Kier alpha value is -1.15. The van der Waals surface area contributed by atoms with Crippen LogP contribution in [0.1, 0.15) is 11.7 Å². The summed E-state index contributed by atoms with van der Waals surface area (Å²) in [5, 5.41) is 9.07. The standard InChI is InChI=1S/C9H8F4O3S/c10-5-8(14)6-2-1-3-7(4-6)17(15,16)9(11,12)13/h1-4,8,14H,5H2. The van der Waals surface area contributed by atoms with Crippen LogP contribution in [0.2, 0.25) is 0 Å². The molecule has 0 bridgehead atoms. The molecule has 1 N–H and O–H groups in total. The summed E-state index contributed by atoms with van der Waals surface area (Å²) in [6.45, 7) is -1.21. The fourth-order valence-electron chi connectivity index (χ4n) is 1.11. The number of benzene rings is 1. The number of hydrogen-bond acceptors (Lipinski definition) is 3. The van der Waals surface area contributed by atoms with E-state index in [1.165, 1.54) is 0 Å². The summed E-state index contributed by atoms with van der Waals surface area (Å²) in [5.74, 6) is 0. The molecule has 0 radical (unpaired) electrons. The highest BCUT2D eigenvalue weighted by atomic mass is 32.2. The lowest BCUT2D eigenvalue weighted by Gasteiger charge is -2.11. The maximum absolute atomic E-state index is 12.2. The summed E-state index contributed by atoms with van der Waals surface area (Å²) >= 11 is 0. The minimum Gasteiger partial charge on any atom is -0.386 e. The van der Waals surface area contributed by atoms with Crippen molar-refractivity contribution in [1.29, 1.82) is 0 Å². The van der Waals surface area contributed by atoms with Crippen LogP contribution in [0.25, 0.3) is 0 Å². The van der Waals surface area contributed by atoms with E-state index in [4.69, 9.17) is 5.11 Å². The van der Waals surface area contributed by atoms with Crippen LogP contribution < -0.4 is 0 Å². The zero-order valence-corrected chi connectivity index (χ0v) is 9.09. The summed E-state index contributed by atoms with van der Waals surface area (Å²) < 4.78 is 70.8. The number of aliphatic hydroxyl groups excluding tert-OH is 1. The smallest absolute Gasteiger partial charge is 0.386 e. The second kappa shape index (κ2) is 4.61. The van der Waals surface area contributed by atoms with E-state index in [1.807, 2.05) is 0 Å². The SMILES string of the molecule is O=S(=O)(c1cccc(C(O)CF)c1)C(F)(F)F. The van der Waals surface area contributed by atoms with Crippen molar-refractivity contribution < 1.29 is 31.1 Å². The van der Waals surface area contributed by atoms with E-state index in [-0.39, 0.29) is 5.56 Å². The first-order valence-corrected chi connectivity index (χ1v) is 5.84. The largest absolute Gasteiger partial charge is 0.501 e. The third kappa shape index (κ3) is 2.75. The van der Waals surface area contributed by atoms with Gasteiger partial charge >= 0.3 is 5.51 Å². The number of hydrogen-bond donors (Lipinski definition) is 1. The van der Waals surface area contributed by atoms with Gasteiger partial charge in [0.25, 0.3) is 9.84 Å². The monoisotopic (exact) mass is 272 g/mol. The highest BCUT2D eigenvalue weighted by Crippen LogP contribution is 2.31. The lowest BCUT2D eigenvalue weighted by Crippen LogP contribution is -2.23. The molecule has 0 spiro atoms. The zero-order chi connectivity index (χ0) is 13.3. The fraction of sp³-hybridized carbons (Fsp3) is 0.333. The van der Waals surface area contributed by atoms with Crippen molar-refractivity contribution in [2.75, 3.05) is 6.67 Å². The topological polar surface area (TPSA) is 54.4 Å². The maximum atomic E-state index is 12.2. The predicted molar refractivity (Wildman–Crippen MR) is 50.6 cm³/mol. The molecule has 1 atom stereocenters. The van der Waals surface area contributed by atoms with E-state index in [0.29, 0.717) is 6.07 Å². The number of sulfone groups is 1. The Morgan fingerprint density at radius 1 is 1.29 bits per heavy atom. The summed E-state index contributed by atoms with van der Waals surface area (Å²) in [4.78, 5) is -1.02. The minimum atomic E-state index is -5.47. The Labute approximate surface area is 94.6 Å². The second-order valence-electron chi connectivity index (χ2n) is 3.19. The zero-order valence-electron chi connectivity index (χ0n) is 8.28.